The van der Waals surface area contributed by atoms with Gasteiger partial charge in [-0.3, -0.25) is 4.79 Å². The Morgan fingerprint density at radius 1 is 1.16 bits per heavy atom. The zero-order chi connectivity index (χ0) is 14.3. The highest BCUT2D eigenvalue weighted by atomic mass is 16.2. The van der Waals surface area contributed by atoms with Crippen molar-refractivity contribution in [3.63, 3.8) is 0 Å². The Balaban J connectivity index is 2.67. The van der Waals surface area contributed by atoms with E-state index in [1.807, 2.05) is 19.0 Å². The summed E-state index contributed by atoms with van der Waals surface area (Å²) in [5.41, 5.74) is 1.44. The Morgan fingerprint density at radius 2 is 1.79 bits per heavy atom. The second-order valence-corrected chi connectivity index (χ2v) is 4.57. The van der Waals surface area contributed by atoms with Gasteiger partial charge < -0.3 is 14.9 Å². The Hall–Kier alpha value is -1.83. The van der Waals surface area contributed by atoms with Crippen molar-refractivity contribution >= 4 is 5.91 Å². The number of carbonyl (C=O) groups excluding carboxylic acids is 1. The highest BCUT2D eigenvalue weighted by Gasteiger charge is 2.11. The van der Waals surface area contributed by atoms with Gasteiger partial charge in [-0.25, -0.2) is 0 Å². The van der Waals surface area contributed by atoms with Crippen LogP contribution in [0.15, 0.2) is 24.3 Å². The van der Waals surface area contributed by atoms with E-state index < -0.39 is 0 Å². The van der Waals surface area contributed by atoms with E-state index in [9.17, 15) is 4.79 Å². The first-order valence-corrected chi connectivity index (χ1v) is 6.14. The van der Waals surface area contributed by atoms with E-state index in [2.05, 4.69) is 11.8 Å². The SMILES string of the molecule is CN(C)CCN(C)C(=O)c1ccc(C#CCO)cc1. The molecule has 19 heavy (non-hydrogen) atoms. The van der Waals surface area contributed by atoms with Crippen LogP contribution in [0, 0.1) is 11.8 Å². The zero-order valence-electron chi connectivity index (χ0n) is 11.7. The summed E-state index contributed by atoms with van der Waals surface area (Å²) in [4.78, 5) is 15.9. The predicted molar refractivity (Wildman–Crippen MR) is 75.9 cm³/mol. The molecule has 4 heteroatoms. The minimum atomic E-state index is -0.159. The van der Waals surface area contributed by atoms with Crippen molar-refractivity contribution in [3.05, 3.63) is 35.4 Å². The lowest BCUT2D eigenvalue weighted by Gasteiger charge is -2.19. The van der Waals surface area contributed by atoms with Gasteiger partial charge in [0.25, 0.3) is 5.91 Å². The van der Waals surface area contributed by atoms with Crippen molar-refractivity contribution < 1.29 is 9.90 Å². The van der Waals surface area contributed by atoms with Crippen LogP contribution in [-0.2, 0) is 0 Å². The number of hydrogen-bond acceptors (Lipinski definition) is 3. The molecule has 102 valence electrons. The lowest BCUT2D eigenvalue weighted by Crippen LogP contribution is -2.33. The number of carbonyl (C=O) groups is 1. The van der Waals surface area contributed by atoms with E-state index in [0.717, 1.165) is 12.1 Å². The number of benzene rings is 1. The van der Waals surface area contributed by atoms with Crippen molar-refractivity contribution in [1.82, 2.24) is 9.80 Å². The first kappa shape index (κ1) is 15.2. The number of rotatable bonds is 4. The number of aliphatic hydroxyl groups is 1. The minimum absolute atomic E-state index is 0.00326. The van der Waals surface area contributed by atoms with Crippen LogP contribution < -0.4 is 0 Å². The van der Waals surface area contributed by atoms with Gasteiger partial charge in [-0.1, -0.05) is 11.8 Å². The van der Waals surface area contributed by atoms with Gasteiger partial charge in [0.15, 0.2) is 0 Å². The number of likely N-dealkylation sites (N-methyl/N-ethyl adjacent to an activating group) is 2. The molecule has 1 N–H and O–H groups in total. The highest BCUT2D eigenvalue weighted by molar-refractivity contribution is 5.94. The molecule has 1 rings (SSSR count). The monoisotopic (exact) mass is 260 g/mol. The fourth-order valence-corrected chi connectivity index (χ4v) is 1.51. The van der Waals surface area contributed by atoms with Gasteiger partial charge in [-0.15, -0.1) is 0 Å². The smallest absolute Gasteiger partial charge is 0.253 e. The third kappa shape index (κ3) is 5.12. The summed E-state index contributed by atoms with van der Waals surface area (Å²) in [6.45, 7) is 1.37. The highest BCUT2D eigenvalue weighted by Crippen LogP contribution is 2.06. The van der Waals surface area contributed by atoms with Gasteiger partial charge >= 0.3 is 0 Å². The van der Waals surface area contributed by atoms with Crippen molar-refractivity contribution in [2.75, 3.05) is 40.8 Å². The topological polar surface area (TPSA) is 43.8 Å². The first-order valence-electron chi connectivity index (χ1n) is 6.14. The second kappa shape index (κ2) is 7.57. The average molecular weight is 260 g/mol. The van der Waals surface area contributed by atoms with Crippen LogP contribution in [0.1, 0.15) is 15.9 Å². The summed E-state index contributed by atoms with van der Waals surface area (Å²) in [6.07, 6.45) is 0. The molecular formula is C15H20N2O2. The Kier molecular flexibility index (Phi) is 6.07. The molecule has 0 heterocycles. The molecule has 0 fully saturated rings. The summed E-state index contributed by atoms with van der Waals surface area (Å²) < 4.78 is 0. The second-order valence-electron chi connectivity index (χ2n) is 4.57. The van der Waals surface area contributed by atoms with Gasteiger partial charge in [-0.05, 0) is 38.4 Å². The maximum absolute atomic E-state index is 12.1. The first-order chi connectivity index (χ1) is 9.04. The van der Waals surface area contributed by atoms with Crippen molar-refractivity contribution in [2.45, 2.75) is 0 Å². The van der Waals surface area contributed by atoms with Gasteiger partial charge in [0, 0.05) is 31.3 Å². The van der Waals surface area contributed by atoms with Gasteiger partial charge in [-0.2, -0.15) is 0 Å². The van der Waals surface area contributed by atoms with E-state index >= 15 is 0 Å². The molecule has 0 saturated heterocycles. The molecule has 1 aromatic rings. The number of nitrogens with zero attached hydrogens (tertiary/aromatic N) is 2. The normalized spacial score (nSPS) is 9.95. The van der Waals surface area contributed by atoms with E-state index in [1.165, 1.54) is 0 Å². The van der Waals surface area contributed by atoms with Crippen LogP contribution >= 0.6 is 0 Å². The maximum Gasteiger partial charge on any atom is 0.253 e. The quantitative estimate of drug-likeness (QED) is 0.809. The molecule has 1 aromatic carbocycles. The van der Waals surface area contributed by atoms with Gasteiger partial charge in [0.1, 0.15) is 6.61 Å². The molecule has 0 radical (unpaired) electrons. The van der Waals surface area contributed by atoms with Crippen LogP contribution in [0.3, 0.4) is 0 Å². The van der Waals surface area contributed by atoms with E-state index in [4.69, 9.17) is 5.11 Å². The Morgan fingerprint density at radius 3 is 2.32 bits per heavy atom. The van der Waals surface area contributed by atoms with Crippen LogP contribution in [0.5, 0.6) is 0 Å². The van der Waals surface area contributed by atoms with Gasteiger partial charge in [0.2, 0.25) is 0 Å². The molecule has 0 atom stereocenters. The fourth-order valence-electron chi connectivity index (χ4n) is 1.51. The fraction of sp³-hybridized carbons (Fsp3) is 0.400. The predicted octanol–water partition coefficient (Wildman–Crippen LogP) is 0.664. The third-order valence-electron chi connectivity index (χ3n) is 2.67. The number of hydrogen-bond donors (Lipinski definition) is 1. The number of amides is 1. The molecule has 0 bridgehead atoms. The Labute approximate surface area is 114 Å². The summed E-state index contributed by atoms with van der Waals surface area (Å²) >= 11 is 0. The van der Waals surface area contributed by atoms with Crippen LogP contribution in [0.25, 0.3) is 0 Å². The Bertz CT molecular complexity index is 469. The average Bonchev–Trinajstić information content (AvgIpc) is 2.42. The van der Waals surface area contributed by atoms with Crippen molar-refractivity contribution in [2.24, 2.45) is 0 Å². The van der Waals surface area contributed by atoms with Crippen LogP contribution in [0.2, 0.25) is 0 Å². The molecule has 0 unspecified atom stereocenters. The summed E-state index contributed by atoms with van der Waals surface area (Å²) in [5.74, 6) is 5.37. The molecule has 0 spiro atoms. The van der Waals surface area contributed by atoms with Crippen molar-refractivity contribution in [3.8, 4) is 11.8 Å². The molecule has 0 aliphatic rings. The molecular weight excluding hydrogens is 240 g/mol. The van der Waals surface area contributed by atoms with Gasteiger partial charge in [0.05, 0.1) is 0 Å². The van der Waals surface area contributed by atoms with Crippen LogP contribution in [0.4, 0.5) is 0 Å². The number of aliphatic hydroxyl groups excluding tert-OH is 1. The van der Waals surface area contributed by atoms with Crippen molar-refractivity contribution in [1.29, 1.82) is 0 Å². The third-order valence-corrected chi connectivity index (χ3v) is 2.67. The van der Waals surface area contributed by atoms with Crippen LogP contribution in [-0.4, -0.2) is 61.7 Å². The molecule has 1 amide bonds. The zero-order valence-corrected chi connectivity index (χ0v) is 11.7. The van der Waals surface area contributed by atoms with E-state index in [1.54, 1.807) is 36.2 Å². The van der Waals surface area contributed by atoms with E-state index in [-0.39, 0.29) is 12.5 Å². The summed E-state index contributed by atoms with van der Waals surface area (Å²) in [5, 5.41) is 8.61. The minimum Gasteiger partial charge on any atom is -0.384 e. The lowest BCUT2D eigenvalue weighted by atomic mass is 10.1. The molecule has 0 saturated carbocycles. The largest absolute Gasteiger partial charge is 0.384 e. The molecule has 4 nitrogen and oxygen atoms in total. The molecule has 0 aromatic heterocycles. The standard InChI is InChI=1S/C15H20N2O2/c1-16(2)10-11-17(3)15(19)14-8-6-13(7-9-14)5-4-12-18/h6-9,18H,10-12H2,1-3H3. The van der Waals surface area contributed by atoms with E-state index in [0.29, 0.717) is 12.1 Å². The molecule has 0 aliphatic heterocycles. The summed E-state index contributed by atoms with van der Waals surface area (Å²) in [6, 6.07) is 7.09. The lowest BCUT2D eigenvalue weighted by molar-refractivity contribution is 0.0786. The molecule has 0 aliphatic carbocycles. The summed E-state index contributed by atoms with van der Waals surface area (Å²) in [7, 11) is 5.76. The maximum atomic E-state index is 12.1.